The number of urea groups is 1. The fourth-order valence-corrected chi connectivity index (χ4v) is 2.84. The van der Waals surface area contributed by atoms with Crippen molar-refractivity contribution >= 4 is 6.03 Å². The highest BCUT2D eigenvalue weighted by atomic mass is 16.3. The van der Waals surface area contributed by atoms with E-state index in [1.54, 1.807) is 17.3 Å². The molecule has 1 aromatic carbocycles. The molecular formula is C22H24N4O2. The minimum Gasteiger partial charge on any atom is -0.388 e. The van der Waals surface area contributed by atoms with Crippen LogP contribution in [-0.4, -0.2) is 32.6 Å². The van der Waals surface area contributed by atoms with Crippen molar-refractivity contribution in [2.45, 2.75) is 25.6 Å². The van der Waals surface area contributed by atoms with E-state index in [-0.39, 0.29) is 6.03 Å². The molecule has 0 radical (unpaired) electrons. The number of carbonyl (C=O) groups is 1. The van der Waals surface area contributed by atoms with E-state index in [0.29, 0.717) is 26.1 Å². The van der Waals surface area contributed by atoms with Crippen LogP contribution in [0.2, 0.25) is 0 Å². The van der Waals surface area contributed by atoms with E-state index in [1.807, 2.05) is 66.7 Å². The average Bonchev–Trinajstić information content (AvgIpc) is 2.75. The van der Waals surface area contributed by atoms with E-state index in [2.05, 4.69) is 15.3 Å². The predicted octanol–water partition coefficient (Wildman–Crippen LogP) is 3.31. The van der Waals surface area contributed by atoms with Gasteiger partial charge in [-0.2, -0.15) is 0 Å². The summed E-state index contributed by atoms with van der Waals surface area (Å²) in [5.74, 6) is 0. The summed E-state index contributed by atoms with van der Waals surface area (Å²) in [5.41, 5.74) is 2.45. The molecular weight excluding hydrogens is 352 g/mol. The number of aromatic nitrogens is 2. The second-order valence-electron chi connectivity index (χ2n) is 6.45. The van der Waals surface area contributed by atoms with Crippen molar-refractivity contribution in [1.29, 1.82) is 0 Å². The molecule has 2 heterocycles. The Morgan fingerprint density at radius 2 is 1.46 bits per heavy atom. The summed E-state index contributed by atoms with van der Waals surface area (Å²) >= 11 is 0. The molecule has 2 amide bonds. The van der Waals surface area contributed by atoms with Crippen molar-refractivity contribution < 1.29 is 9.90 Å². The summed E-state index contributed by atoms with van der Waals surface area (Å²) in [6, 6.07) is 20.5. The second-order valence-corrected chi connectivity index (χ2v) is 6.45. The van der Waals surface area contributed by atoms with Crippen LogP contribution in [0.4, 0.5) is 4.79 Å². The summed E-state index contributed by atoms with van der Waals surface area (Å²) in [7, 11) is 0. The molecule has 6 heteroatoms. The van der Waals surface area contributed by atoms with Gasteiger partial charge in [-0.25, -0.2) is 4.79 Å². The average molecular weight is 376 g/mol. The van der Waals surface area contributed by atoms with Crippen LogP contribution in [-0.2, 0) is 13.1 Å². The molecule has 3 aromatic rings. The van der Waals surface area contributed by atoms with E-state index in [4.69, 9.17) is 0 Å². The van der Waals surface area contributed by atoms with Gasteiger partial charge in [0.05, 0.1) is 30.6 Å². The normalized spacial score (nSPS) is 11.6. The topological polar surface area (TPSA) is 78.4 Å². The number of rotatable bonds is 8. The molecule has 1 unspecified atom stereocenters. The zero-order valence-corrected chi connectivity index (χ0v) is 15.6. The lowest BCUT2D eigenvalue weighted by molar-refractivity contribution is 0.162. The Labute approximate surface area is 164 Å². The summed E-state index contributed by atoms with van der Waals surface area (Å²) in [5, 5.41) is 13.2. The van der Waals surface area contributed by atoms with Gasteiger partial charge in [0.25, 0.3) is 0 Å². The van der Waals surface area contributed by atoms with Gasteiger partial charge in [0, 0.05) is 18.9 Å². The smallest absolute Gasteiger partial charge is 0.318 e. The molecule has 0 aliphatic heterocycles. The van der Waals surface area contributed by atoms with Crippen molar-refractivity contribution in [2.75, 3.05) is 6.54 Å². The van der Waals surface area contributed by atoms with Crippen LogP contribution >= 0.6 is 0 Å². The summed E-state index contributed by atoms with van der Waals surface area (Å²) < 4.78 is 0. The number of aliphatic hydroxyl groups is 1. The standard InChI is InChI=1S/C22H24N4O2/c27-21(18-8-2-1-3-9-18)12-15-25-22(28)26(16-19-10-4-6-13-23-19)17-20-11-5-7-14-24-20/h1-11,13-14,21,27H,12,15-17H2,(H,25,28). The molecule has 2 N–H and O–H groups in total. The molecule has 3 rings (SSSR count). The van der Waals surface area contributed by atoms with Gasteiger partial charge in [-0.3, -0.25) is 9.97 Å². The Kier molecular flexibility index (Phi) is 7.09. The van der Waals surface area contributed by atoms with Crippen LogP contribution in [0.1, 0.15) is 29.5 Å². The van der Waals surface area contributed by atoms with E-state index >= 15 is 0 Å². The van der Waals surface area contributed by atoms with Crippen LogP contribution < -0.4 is 5.32 Å². The SMILES string of the molecule is O=C(NCCC(O)c1ccccc1)N(Cc1ccccn1)Cc1ccccn1. The first-order valence-electron chi connectivity index (χ1n) is 9.28. The number of pyridine rings is 2. The van der Waals surface area contributed by atoms with Gasteiger partial charge in [-0.05, 0) is 36.2 Å². The van der Waals surface area contributed by atoms with Gasteiger partial charge in [0.1, 0.15) is 0 Å². The van der Waals surface area contributed by atoms with Crippen molar-refractivity contribution in [3.05, 3.63) is 96.1 Å². The maximum Gasteiger partial charge on any atom is 0.318 e. The Hall–Kier alpha value is -3.25. The largest absolute Gasteiger partial charge is 0.388 e. The molecule has 2 aromatic heterocycles. The zero-order valence-electron chi connectivity index (χ0n) is 15.6. The molecule has 0 spiro atoms. The van der Waals surface area contributed by atoms with Gasteiger partial charge < -0.3 is 15.3 Å². The highest BCUT2D eigenvalue weighted by Crippen LogP contribution is 2.15. The fraction of sp³-hybridized carbons (Fsp3) is 0.227. The summed E-state index contributed by atoms with van der Waals surface area (Å²) in [6.07, 6.45) is 3.25. The first-order valence-corrected chi connectivity index (χ1v) is 9.28. The lowest BCUT2D eigenvalue weighted by atomic mass is 10.1. The van der Waals surface area contributed by atoms with Crippen molar-refractivity contribution in [2.24, 2.45) is 0 Å². The van der Waals surface area contributed by atoms with E-state index < -0.39 is 6.10 Å². The molecule has 6 nitrogen and oxygen atoms in total. The Balaban J connectivity index is 1.59. The number of nitrogens with zero attached hydrogens (tertiary/aromatic N) is 3. The molecule has 1 atom stereocenters. The molecule has 28 heavy (non-hydrogen) atoms. The van der Waals surface area contributed by atoms with Crippen LogP contribution in [0.5, 0.6) is 0 Å². The van der Waals surface area contributed by atoms with Gasteiger partial charge >= 0.3 is 6.03 Å². The van der Waals surface area contributed by atoms with E-state index in [9.17, 15) is 9.90 Å². The van der Waals surface area contributed by atoms with Crippen molar-refractivity contribution in [1.82, 2.24) is 20.2 Å². The Bertz CT molecular complexity index is 803. The van der Waals surface area contributed by atoms with E-state index in [1.165, 1.54) is 0 Å². The van der Waals surface area contributed by atoms with Crippen LogP contribution in [0, 0.1) is 0 Å². The highest BCUT2D eigenvalue weighted by Gasteiger charge is 2.16. The number of benzene rings is 1. The first kappa shape index (κ1) is 19.5. The summed E-state index contributed by atoms with van der Waals surface area (Å²) in [4.78, 5) is 23.0. The monoisotopic (exact) mass is 376 g/mol. The van der Waals surface area contributed by atoms with Gasteiger partial charge in [-0.1, -0.05) is 42.5 Å². The number of nitrogens with one attached hydrogen (secondary N) is 1. The molecule has 0 aliphatic rings. The lowest BCUT2D eigenvalue weighted by Crippen LogP contribution is -2.40. The molecule has 0 saturated heterocycles. The van der Waals surface area contributed by atoms with Crippen LogP contribution in [0.15, 0.2) is 79.1 Å². The van der Waals surface area contributed by atoms with Gasteiger partial charge in [-0.15, -0.1) is 0 Å². The van der Waals surface area contributed by atoms with Gasteiger partial charge in [0.2, 0.25) is 0 Å². The Morgan fingerprint density at radius 3 is 2.00 bits per heavy atom. The number of carbonyl (C=O) groups excluding carboxylic acids is 1. The predicted molar refractivity (Wildman–Crippen MR) is 107 cm³/mol. The third kappa shape index (κ3) is 5.89. The third-order valence-electron chi connectivity index (χ3n) is 4.32. The fourth-order valence-electron chi connectivity index (χ4n) is 2.84. The van der Waals surface area contributed by atoms with Crippen LogP contribution in [0.25, 0.3) is 0 Å². The maximum atomic E-state index is 12.7. The van der Waals surface area contributed by atoms with Crippen molar-refractivity contribution in [3.63, 3.8) is 0 Å². The lowest BCUT2D eigenvalue weighted by Gasteiger charge is -2.23. The zero-order chi connectivity index (χ0) is 19.6. The summed E-state index contributed by atoms with van der Waals surface area (Å²) in [6.45, 7) is 1.13. The Morgan fingerprint density at radius 1 is 0.893 bits per heavy atom. The maximum absolute atomic E-state index is 12.7. The molecule has 144 valence electrons. The number of hydrogen-bond donors (Lipinski definition) is 2. The quantitative estimate of drug-likeness (QED) is 0.632. The third-order valence-corrected chi connectivity index (χ3v) is 4.32. The van der Waals surface area contributed by atoms with Gasteiger partial charge in [0.15, 0.2) is 0 Å². The molecule has 0 bridgehead atoms. The van der Waals surface area contributed by atoms with E-state index in [0.717, 1.165) is 17.0 Å². The number of hydrogen-bond acceptors (Lipinski definition) is 4. The molecule has 0 saturated carbocycles. The molecule has 0 aliphatic carbocycles. The highest BCUT2D eigenvalue weighted by molar-refractivity contribution is 5.74. The minimum absolute atomic E-state index is 0.212. The molecule has 0 fully saturated rings. The number of aliphatic hydroxyl groups excluding tert-OH is 1. The number of amides is 2. The van der Waals surface area contributed by atoms with Crippen molar-refractivity contribution in [3.8, 4) is 0 Å². The first-order chi connectivity index (χ1) is 13.7. The van der Waals surface area contributed by atoms with Crippen LogP contribution in [0.3, 0.4) is 0 Å². The second kappa shape index (κ2) is 10.2. The minimum atomic E-state index is -0.610.